The van der Waals surface area contributed by atoms with Gasteiger partial charge in [-0.1, -0.05) is 6.07 Å². The van der Waals surface area contributed by atoms with Crippen LogP contribution in [0.25, 0.3) is 11.0 Å². The van der Waals surface area contributed by atoms with E-state index in [4.69, 9.17) is 0 Å². The van der Waals surface area contributed by atoms with Crippen molar-refractivity contribution in [1.82, 2.24) is 19.9 Å². The van der Waals surface area contributed by atoms with E-state index < -0.39 is 9.73 Å². The summed E-state index contributed by atoms with van der Waals surface area (Å²) in [6.45, 7) is 0. The second-order valence-corrected chi connectivity index (χ2v) is 10.8. The maximum Gasteiger partial charge on any atom is 0.142 e. The maximum atomic E-state index is 13.3. The Morgan fingerprint density at radius 1 is 1.23 bits per heavy atom. The molecule has 8 heteroatoms. The van der Waals surface area contributed by atoms with Gasteiger partial charge in [0.25, 0.3) is 0 Å². The molecule has 0 amide bonds. The van der Waals surface area contributed by atoms with E-state index in [1.165, 1.54) is 0 Å². The highest BCUT2D eigenvalue weighted by Gasteiger charge is 2.28. The van der Waals surface area contributed by atoms with Gasteiger partial charge in [-0.25, -0.2) is 18.5 Å². The quantitative estimate of drug-likeness (QED) is 0.623. The van der Waals surface area contributed by atoms with Gasteiger partial charge in [-0.3, -0.25) is 4.98 Å². The van der Waals surface area contributed by atoms with Crippen LogP contribution in [0.1, 0.15) is 31.2 Å². The van der Waals surface area contributed by atoms with Crippen molar-refractivity contribution in [3.05, 3.63) is 48.7 Å². The number of hydrogen-bond acceptors (Lipinski definition) is 6. The zero-order valence-corrected chi connectivity index (χ0v) is 18.5. The lowest BCUT2D eigenvalue weighted by atomic mass is 9.86. The molecular formula is C22H30N6OS. The zero-order chi connectivity index (χ0) is 21.0. The Kier molecular flexibility index (Phi) is 6.32. The molecule has 1 fully saturated rings. The molecule has 1 saturated carbocycles. The van der Waals surface area contributed by atoms with E-state index in [1.807, 2.05) is 30.6 Å². The molecule has 3 heterocycles. The Labute approximate surface area is 178 Å². The van der Waals surface area contributed by atoms with Crippen LogP contribution in [-0.2, 0) is 16.1 Å². The van der Waals surface area contributed by atoms with Crippen molar-refractivity contribution >= 4 is 26.6 Å². The number of aromatic amines is 1. The summed E-state index contributed by atoms with van der Waals surface area (Å²) in [5.74, 6) is 2.77. The van der Waals surface area contributed by atoms with E-state index in [9.17, 15) is 4.21 Å². The molecule has 3 aromatic rings. The van der Waals surface area contributed by atoms with Gasteiger partial charge in [0.1, 0.15) is 17.8 Å². The average molecular weight is 427 g/mol. The first-order valence-corrected chi connectivity index (χ1v) is 12.4. The molecule has 1 unspecified atom stereocenters. The van der Waals surface area contributed by atoms with Gasteiger partial charge in [-0.2, -0.15) is 0 Å². The van der Waals surface area contributed by atoms with E-state index in [0.717, 1.165) is 54.5 Å². The maximum absolute atomic E-state index is 13.3. The number of anilines is 1. The van der Waals surface area contributed by atoms with Gasteiger partial charge in [0, 0.05) is 60.0 Å². The molecule has 160 valence electrons. The van der Waals surface area contributed by atoms with Gasteiger partial charge in [-0.05, 0) is 55.7 Å². The predicted octanol–water partition coefficient (Wildman–Crippen LogP) is 3.69. The van der Waals surface area contributed by atoms with Crippen LogP contribution in [0.4, 0.5) is 5.82 Å². The number of hydrogen-bond donors (Lipinski definition) is 1. The molecular weight excluding hydrogens is 396 g/mol. The fourth-order valence-electron chi connectivity index (χ4n) is 4.45. The van der Waals surface area contributed by atoms with Crippen LogP contribution in [0, 0.1) is 5.92 Å². The fraction of sp³-hybridized carbons (Fsp3) is 0.500. The Balaban J connectivity index is 1.34. The third-order valence-electron chi connectivity index (χ3n) is 6.29. The third-order valence-corrected chi connectivity index (χ3v) is 8.79. The second kappa shape index (κ2) is 9.12. The van der Waals surface area contributed by atoms with Gasteiger partial charge >= 0.3 is 0 Å². The molecule has 7 nitrogen and oxygen atoms in total. The number of pyridine rings is 1. The average Bonchev–Trinajstić information content (AvgIpc) is 3.28. The number of nitrogens with zero attached hydrogens (tertiary/aromatic N) is 5. The molecule has 0 radical (unpaired) electrons. The Morgan fingerprint density at radius 3 is 2.80 bits per heavy atom. The van der Waals surface area contributed by atoms with Crippen molar-refractivity contribution in [2.75, 3.05) is 30.5 Å². The first-order chi connectivity index (χ1) is 14.6. The van der Waals surface area contributed by atoms with Crippen molar-refractivity contribution in [3.63, 3.8) is 0 Å². The Hall–Kier alpha value is -2.48. The van der Waals surface area contributed by atoms with Crippen molar-refractivity contribution in [1.29, 1.82) is 0 Å². The monoisotopic (exact) mass is 426 g/mol. The van der Waals surface area contributed by atoms with Crippen LogP contribution in [0.2, 0.25) is 0 Å². The number of aryl methyl sites for hydroxylation is 1. The topological polar surface area (TPSA) is 87.1 Å². The number of nitrogens with one attached hydrogen (secondary N) is 1. The summed E-state index contributed by atoms with van der Waals surface area (Å²) < 4.78 is 17.7. The lowest BCUT2D eigenvalue weighted by Gasteiger charge is -2.35. The highest BCUT2D eigenvalue weighted by molar-refractivity contribution is 7.93. The molecule has 0 saturated heterocycles. The SMILES string of the molecule is CN=S(=O)(CCc1cccnc1)CC1CCC(N(C)c2ncnc3[nH]ccc23)CC1. The predicted molar refractivity (Wildman–Crippen MR) is 122 cm³/mol. The molecule has 4 rings (SSSR count). The molecule has 30 heavy (non-hydrogen) atoms. The van der Waals surface area contributed by atoms with Gasteiger partial charge in [0.2, 0.25) is 0 Å². The Morgan fingerprint density at radius 2 is 2.07 bits per heavy atom. The Bertz CT molecular complexity index is 1080. The highest BCUT2D eigenvalue weighted by atomic mass is 32.2. The minimum atomic E-state index is -2.18. The summed E-state index contributed by atoms with van der Waals surface area (Å²) in [5.41, 5.74) is 2.00. The summed E-state index contributed by atoms with van der Waals surface area (Å²) in [7, 11) is 1.66. The summed E-state index contributed by atoms with van der Waals surface area (Å²) in [4.78, 5) is 18.4. The summed E-state index contributed by atoms with van der Waals surface area (Å²) >= 11 is 0. The van der Waals surface area contributed by atoms with E-state index in [1.54, 1.807) is 19.6 Å². The molecule has 1 atom stereocenters. The fourth-order valence-corrected chi connectivity index (χ4v) is 6.58. The molecule has 0 aromatic carbocycles. The first-order valence-electron chi connectivity index (χ1n) is 10.6. The van der Waals surface area contributed by atoms with Crippen molar-refractivity contribution in [2.45, 2.75) is 38.1 Å². The molecule has 0 spiro atoms. The first kappa shape index (κ1) is 20.8. The van der Waals surface area contributed by atoms with Crippen molar-refractivity contribution in [3.8, 4) is 0 Å². The highest BCUT2D eigenvalue weighted by Crippen LogP contribution is 2.32. The summed E-state index contributed by atoms with van der Waals surface area (Å²) in [5, 5.41) is 1.06. The normalized spacial score (nSPS) is 21.3. The number of rotatable bonds is 7. The van der Waals surface area contributed by atoms with Gasteiger partial charge < -0.3 is 9.88 Å². The molecule has 1 aliphatic carbocycles. The van der Waals surface area contributed by atoms with Crippen LogP contribution in [-0.4, -0.2) is 55.8 Å². The molecule has 0 aliphatic heterocycles. The molecule has 1 N–H and O–H groups in total. The molecule has 0 bridgehead atoms. The summed E-state index contributed by atoms with van der Waals surface area (Å²) in [6.07, 6.45) is 12.2. The number of aromatic nitrogens is 4. The minimum absolute atomic E-state index is 0.444. The lowest BCUT2D eigenvalue weighted by molar-refractivity contribution is 0.342. The van der Waals surface area contributed by atoms with Gasteiger partial charge in [-0.15, -0.1) is 0 Å². The second-order valence-electron chi connectivity index (χ2n) is 8.16. The van der Waals surface area contributed by atoms with E-state index >= 15 is 0 Å². The number of fused-ring (bicyclic) bond motifs is 1. The zero-order valence-electron chi connectivity index (χ0n) is 17.7. The van der Waals surface area contributed by atoms with E-state index in [-0.39, 0.29) is 0 Å². The lowest BCUT2D eigenvalue weighted by Crippen LogP contribution is -2.37. The van der Waals surface area contributed by atoms with Crippen molar-refractivity contribution < 1.29 is 4.21 Å². The van der Waals surface area contributed by atoms with Gasteiger partial charge in [0.15, 0.2) is 0 Å². The number of H-pyrrole nitrogens is 1. The summed E-state index contributed by atoms with van der Waals surface area (Å²) in [6, 6.07) is 6.45. The smallest absolute Gasteiger partial charge is 0.142 e. The van der Waals surface area contributed by atoms with Crippen LogP contribution in [0.15, 0.2) is 47.5 Å². The largest absolute Gasteiger partial charge is 0.356 e. The molecule has 3 aromatic heterocycles. The third kappa shape index (κ3) is 4.64. The van der Waals surface area contributed by atoms with Crippen molar-refractivity contribution in [2.24, 2.45) is 10.3 Å². The van der Waals surface area contributed by atoms with Crippen LogP contribution < -0.4 is 4.90 Å². The minimum Gasteiger partial charge on any atom is -0.356 e. The van der Waals surface area contributed by atoms with Crippen LogP contribution in [0.5, 0.6) is 0 Å². The molecule has 1 aliphatic rings. The van der Waals surface area contributed by atoms with E-state index in [0.29, 0.717) is 23.5 Å². The van der Waals surface area contributed by atoms with Crippen LogP contribution in [0.3, 0.4) is 0 Å². The van der Waals surface area contributed by atoms with Gasteiger partial charge in [0.05, 0.1) is 5.39 Å². The van der Waals surface area contributed by atoms with Crippen LogP contribution >= 0.6 is 0 Å². The standard InChI is InChI=1S/C22H30N6OS/c1-23-30(29,13-10-17-4-3-11-24-14-17)15-18-5-7-19(8-6-18)28(2)22-20-9-12-25-21(20)26-16-27-22/h3-4,9,11-12,14,16,18-19H,5-8,10,13,15H2,1-2H3,(H,25,26,27). The van der Waals surface area contributed by atoms with E-state index in [2.05, 4.69) is 36.2 Å².